The predicted molar refractivity (Wildman–Crippen MR) is 117 cm³/mol. The van der Waals surface area contributed by atoms with Gasteiger partial charge in [-0.25, -0.2) is 9.18 Å². The number of hydrogen-bond acceptors (Lipinski definition) is 6. The summed E-state index contributed by atoms with van der Waals surface area (Å²) in [6.07, 6.45) is -2.61. The molecule has 0 amide bonds. The summed E-state index contributed by atoms with van der Waals surface area (Å²) in [5.41, 5.74) is -1.33. The first-order chi connectivity index (χ1) is 16.0. The molecule has 1 saturated heterocycles. The van der Waals surface area contributed by atoms with Gasteiger partial charge in [0.2, 0.25) is 0 Å². The number of hydrogen-bond donors (Lipinski definition) is 2. The second-order valence-electron chi connectivity index (χ2n) is 7.91. The SMILES string of the molecule is O=c1ccn([C@@H]2O[C@](CF)(COCc3ccccc3)[C@@H](OCc3ccccc3)[C@H]2O)c(=O)[nH]1. The minimum atomic E-state index is -1.66. The van der Waals surface area contributed by atoms with Crippen LogP contribution in [0.15, 0.2) is 82.5 Å². The van der Waals surface area contributed by atoms with Gasteiger partial charge in [0, 0.05) is 12.3 Å². The number of alkyl halides is 1. The van der Waals surface area contributed by atoms with Crippen LogP contribution in [0.25, 0.3) is 0 Å². The fraction of sp³-hybridized carbons (Fsp3) is 0.333. The van der Waals surface area contributed by atoms with Crippen LogP contribution in [-0.4, -0.2) is 45.7 Å². The summed E-state index contributed by atoms with van der Waals surface area (Å²) in [5.74, 6) is 0. The lowest BCUT2D eigenvalue weighted by Gasteiger charge is -2.31. The summed E-state index contributed by atoms with van der Waals surface area (Å²) in [5, 5.41) is 11.0. The molecule has 9 heteroatoms. The molecule has 33 heavy (non-hydrogen) atoms. The highest BCUT2D eigenvalue weighted by Crippen LogP contribution is 2.40. The van der Waals surface area contributed by atoms with Crippen LogP contribution in [0, 0.1) is 0 Å². The first-order valence-electron chi connectivity index (χ1n) is 10.5. The van der Waals surface area contributed by atoms with Crippen LogP contribution >= 0.6 is 0 Å². The third kappa shape index (κ3) is 5.12. The lowest BCUT2D eigenvalue weighted by Crippen LogP contribution is -2.50. The Morgan fingerprint density at radius 1 is 1.00 bits per heavy atom. The molecule has 4 rings (SSSR count). The summed E-state index contributed by atoms with van der Waals surface area (Å²) < 4.78 is 33.2. The van der Waals surface area contributed by atoms with Crippen molar-refractivity contribution >= 4 is 0 Å². The normalized spacial score (nSPS) is 24.7. The van der Waals surface area contributed by atoms with Crippen LogP contribution in [0.1, 0.15) is 17.4 Å². The Bertz CT molecular complexity index is 1150. The molecule has 0 unspecified atom stereocenters. The van der Waals surface area contributed by atoms with Gasteiger partial charge < -0.3 is 19.3 Å². The van der Waals surface area contributed by atoms with E-state index in [1.807, 2.05) is 60.7 Å². The molecule has 3 aromatic rings. The zero-order valence-electron chi connectivity index (χ0n) is 17.8. The molecule has 0 saturated carbocycles. The van der Waals surface area contributed by atoms with Crippen molar-refractivity contribution in [3.05, 3.63) is 105 Å². The average Bonchev–Trinajstić information content (AvgIpc) is 3.10. The number of nitrogens with zero attached hydrogens (tertiary/aromatic N) is 1. The quantitative estimate of drug-likeness (QED) is 0.510. The summed E-state index contributed by atoms with van der Waals surface area (Å²) in [6, 6.07) is 19.7. The van der Waals surface area contributed by atoms with Crippen LogP contribution in [0.2, 0.25) is 0 Å². The van der Waals surface area contributed by atoms with Crippen molar-refractivity contribution in [1.82, 2.24) is 9.55 Å². The Balaban J connectivity index is 1.59. The van der Waals surface area contributed by atoms with E-state index in [2.05, 4.69) is 4.98 Å². The number of benzene rings is 2. The fourth-order valence-corrected chi connectivity index (χ4v) is 3.88. The summed E-state index contributed by atoms with van der Waals surface area (Å²) in [4.78, 5) is 25.9. The second-order valence-corrected chi connectivity index (χ2v) is 7.91. The lowest BCUT2D eigenvalue weighted by atomic mass is 9.97. The van der Waals surface area contributed by atoms with Gasteiger partial charge in [-0.3, -0.25) is 14.3 Å². The van der Waals surface area contributed by atoms with Crippen LogP contribution in [0.5, 0.6) is 0 Å². The first kappa shape index (κ1) is 23.1. The molecule has 4 atom stereocenters. The third-order valence-electron chi connectivity index (χ3n) is 5.56. The Hall–Kier alpha value is -3.11. The first-order valence-corrected chi connectivity index (χ1v) is 10.5. The number of nitrogens with one attached hydrogen (secondary N) is 1. The van der Waals surface area contributed by atoms with E-state index < -0.39 is 42.0 Å². The molecule has 1 aliphatic heterocycles. The van der Waals surface area contributed by atoms with Crippen LogP contribution in [0.4, 0.5) is 4.39 Å². The number of aromatic nitrogens is 2. The maximum Gasteiger partial charge on any atom is 0.330 e. The van der Waals surface area contributed by atoms with Crippen LogP contribution < -0.4 is 11.2 Å². The average molecular weight is 456 g/mol. The topological polar surface area (TPSA) is 103 Å². The molecule has 2 heterocycles. The number of aliphatic hydroxyl groups excluding tert-OH is 1. The summed E-state index contributed by atoms with van der Waals surface area (Å²) in [6.45, 7) is -0.938. The number of aromatic amines is 1. The van der Waals surface area contributed by atoms with Crippen LogP contribution in [-0.2, 0) is 27.4 Å². The smallest absolute Gasteiger partial charge is 0.330 e. The van der Waals surface area contributed by atoms with Gasteiger partial charge in [0.15, 0.2) is 11.8 Å². The zero-order chi connectivity index (χ0) is 23.3. The molecule has 1 aromatic heterocycles. The van der Waals surface area contributed by atoms with E-state index in [1.54, 1.807) is 0 Å². The maximum atomic E-state index is 14.5. The molecule has 1 fully saturated rings. The van der Waals surface area contributed by atoms with Crippen LogP contribution in [0.3, 0.4) is 0 Å². The minimum Gasteiger partial charge on any atom is -0.386 e. The van der Waals surface area contributed by atoms with E-state index in [1.165, 1.54) is 6.20 Å². The summed E-state index contributed by atoms with van der Waals surface area (Å²) in [7, 11) is 0. The van der Waals surface area contributed by atoms with Crippen molar-refractivity contribution in [2.45, 2.75) is 37.3 Å². The largest absolute Gasteiger partial charge is 0.386 e. The van der Waals surface area contributed by atoms with Gasteiger partial charge in [-0.15, -0.1) is 0 Å². The fourth-order valence-electron chi connectivity index (χ4n) is 3.88. The summed E-state index contributed by atoms with van der Waals surface area (Å²) >= 11 is 0. The molecular weight excluding hydrogens is 431 g/mol. The number of rotatable bonds is 9. The molecule has 0 bridgehead atoms. The maximum absolute atomic E-state index is 14.5. The van der Waals surface area contributed by atoms with Crippen molar-refractivity contribution in [2.75, 3.05) is 13.3 Å². The van der Waals surface area contributed by atoms with Gasteiger partial charge in [0.05, 0.1) is 19.8 Å². The zero-order valence-corrected chi connectivity index (χ0v) is 17.8. The van der Waals surface area contributed by atoms with Gasteiger partial charge in [-0.2, -0.15) is 0 Å². The van der Waals surface area contributed by atoms with Gasteiger partial charge in [0.1, 0.15) is 18.9 Å². The van der Waals surface area contributed by atoms with E-state index in [4.69, 9.17) is 14.2 Å². The van der Waals surface area contributed by atoms with E-state index >= 15 is 0 Å². The van der Waals surface area contributed by atoms with Gasteiger partial charge in [0.25, 0.3) is 5.56 Å². The highest BCUT2D eigenvalue weighted by Gasteiger charge is 2.57. The number of ether oxygens (including phenoxy) is 3. The van der Waals surface area contributed by atoms with Crippen molar-refractivity contribution < 1.29 is 23.7 Å². The Morgan fingerprint density at radius 2 is 1.64 bits per heavy atom. The Kier molecular flexibility index (Phi) is 7.14. The standard InChI is InChI=1S/C24H25FN2O6/c25-15-24(16-31-13-17-7-3-1-4-8-17)21(32-14-18-9-5-2-6-10-18)20(29)22(33-24)27-12-11-19(28)26-23(27)30/h1-12,20-22,29H,13-16H2,(H,26,28,30)/t20-,21+,22-,24-/m1/s1. The third-order valence-corrected chi connectivity index (χ3v) is 5.56. The molecule has 174 valence electrons. The van der Waals surface area contributed by atoms with Crippen molar-refractivity contribution in [3.8, 4) is 0 Å². The Labute approximate surface area is 189 Å². The molecule has 2 N–H and O–H groups in total. The Morgan fingerprint density at radius 3 is 2.24 bits per heavy atom. The predicted octanol–water partition coefficient (Wildman–Crippen LogP) is 1.94. The van der Waals surface area contributed by atoms with E-state index in [9.17, 15) is 19.1 Å². The minimum absolute atomic E-state index is 0.0968. The molecule has 0 aliphatic carbocycles. The number of H-pyrrole nitrogens is 1. The molecule has 1 aliphatic rings. The van der Waals surface area contributed by atoms with E-state index in [0.29, 0.717) is 0 Å². The van der Waals surface area contributed by atoms with Crippen molar-refractivity contribution in [3.63, 3.8) is 0 Å². The molecule has 2 aromatic carbocycles. The number of halogens is 1. The highest BCUT2D eigenvalue weighted by atomic mass is 19.1. The second kappa shape index (κ2) is 10.2. The van der Waals surface area contributed by atoms with Gasteiger partial charge in [-0.05, 0) is 11.1 Å². The molecule has 0 radical (unpaired) electrons. The highest BCUT2D eigenvalue weighted by molar-refractivity contribution is 5.15. The molecule has 0 spiro atoms. The van der Waals surface area contributed by atoms with E-state index in [0.717, 1.165) is 21.8 Å². The van der Waals surface area contributed by atoms with Crippen molar-refractivity contribution in [2.24, 2.45) is 0 Å². The van der Waals surface area contributed by atoms with Gasteiger partial charge >= 0.3 is 5.69 Å². The monoisotopic (exact) mass is 456 g/mol. The van der Waals surface area contributed by atoms with Crippen molar-refractivity contribution in [1.29, 1.82) is 0 Å². The molecular formula is C24H25FN2O6. The number of aliphatic hydroxyl groups is 1. The lowest BCUT2D eigenvalue weighted by molar-refractivity contribution is -0.165. The van der Waals surface area contributed by atoms with Gasteiger partial charge in [-0.1, -0.05) is 60.7 Å². The molecule has 8 nitrogen and oxygen atoms in total. The van der Waals surface area contributed by atoms with E-state index in [-0.39, 0.29) is 19.8 Å².